The molecule has 0 bridgehead atoms. The van der Waals surface area contributed by atoms with Gasteiger partial charge in [-0.25, -0.2) is 16.8 Å². The number of aryl methyl sites for hydroxylation is 2. The van der Waals surface area contributed by atoms with E-state index in [4.69, 9.17) is 0 Å². The van der Waals surface area contributed by atoms with E-state index in [0.717, 1.165) is 11.1 Å². The molecule has 2 aromatic carbocycles. The van der Waals surface area contributed by atoms with Gasteiger partial charge in [0.05, 0.1) is 34.6 Å². The summed E-state index contributed by atoms with van der Waals surface area (Å²) in [5, 5.41) is 4.00. The fraction of sp³-hybridized carbons (Fsp3) is 0.0909. The monoisotopic (exact) mass is 478 g/mol. The second-order valence-electron chi connectivity index (χ2n) is 6.46. The first-order chi connectivity index (χ1) is 15.0. The molecule has 8 nitrogen and oxygen atoms in total. The summed E-state index contributed by atoms with van der Waals surface area (Å²) >= 11 is 0. The summed E-state index contributed by atoms with van der Waals surface area (Å²) < 4.78 is 62.3. The highest BCUT2D eigenvalue weighted by molar-refractivity contribution is 7.86. The van der Waals surface area contributed by atoms with Gasteiger partial charge in [-0.15, -0.1) is 0 Å². The minimum absolute atomic E-state index is 0.178. The van der Waals surface area contributed by atoms with Gasteiger partial charge in [0.1, 0.15) is 20.2 Å². The highest BCUT2D eigenvalue weighted by Gasteiger charge is 1.98. The molecule has 0 unspecified atom stereocenters. The van der Waals surface area contributed by atoms with Gasteiger partial charge in [0.25, 0.3) is 0 Å². The van der Waals surface area contributed by atoms with Gasteiger partial charge < -0.3 is 9.11 Å². The summed E-state index contributed by atoms with van der Waals surface area (Å²) in [5.74, 6) is 0. The van der Waals surface area contributed by atoms with Crippen LogP contribution in [0.3, 0.4) is 0 Å². The minimum Gasteiger partial charge on any atom is -0.744 e. The summed E-state index contributed by atoms with van der Waals surface area (Å²) in [7, 11) is -8.54. The van der Waals surface area contributed by atoms with Crippen molar-refractivity contribution in [2.75, 3.05) is 0 Å². The van der Waals surface area contributed by atoms with Crippen molar-refractivity contribution in [3.63, 3.8) is 0 Å². The third-order valence-corrected chi connectivity index (χ3v) is 5.43. The van der Waals surface area contributed by atoms with Crippen LogP contribution in [0, 0.1) is 13.8 Å². The molecule has 4 rings (SSSR count). The zero-order chi connectivity index (χ0) is 24.0. The fourth-order valence-corrected chi connectivity index (χ4v) is 2.99. The Hall–Kier alpha value is -2.86. The van der Waals surface area contributed by atoms with Crippen molar-refractivity contribution in [1.82, 2.24) is 0 Å². The number of nitrogens with two attached hydrogens (primary N) is 2. The first-order valence-corrected chi connectivity index (χ1v) is 12.2. The lowest BCUT2D eigenvalue weighted by Gasteiger charge is -2.05. The molecular weight excluding hydrogens is 452 g/mol. The molecule has 2 heterocycles. The van der Waals surface area contributed by atoms with Crippen LogP contribution in [-0.2, 0) is 20.2 Å². The Kier molecular flexibility index (Phi) is 11.5. The van der Waals surface area contributed by atoms with Crippen LogP contribution in [0.15, 0.2) is 107 Å². The van der Waals surface area contributed by atoms with Crippen molar-refractivity contribution >= 4 is 20.2 Å². The van der Waals surface area contributed by atoms with Crippen LogP contribution in [0.4, 0.5) is 0 Å². The van der Waals surface area contributed by atoms with Crippen LogP contribution in [0.25, 0.3) is 0 Å². The van der Waals surface area contributed by atoms with E-state index in [9.17, 15) is 25.9 Å². The molecule has 0 atom stereocenters. The van der Waals surface area contributed by atoms with Crippen LogP contribution in [-0.4, -0.2) is 25.9 Å². The van der Waals surface area contributed by atoms with Gasteiger partial charge in [0.15, 0.2) is 0 Å². The molecule has 0 fully saturated rings. The van der Waals surface area contributed by atoms with E-state index in [2.05, 4.69) is 0 Å². The zero-order valence-corrected chi connectivity index (χ0v) is 19.3. The molecule has 2 aromatic rings. The molecule has 0 saturated carbocycles. The molecular formula is C22H26N2O6S2. The number of rotatable bonds is 2. The Bertz CT molecular complexity index is 1050. The maximum Gasteiger partial charge on any atom is 0.124 e. The normalized spacial score (nSPS) is 13.4. The largest absolute Gasteiger partial charge is 0.744 e. The van der Waals surface area contributed by atoms with Gasteiger partial charge in [-0.05, 0) is 62.4 Å². The molecule has 32 heavy (non-hydrogen) atoms. The molecule has 172 valence electrons. The average molecular weight is 479 g/mol. The second kappa shape index (κ2) is 13.5. The molecule has 0 amide bonds. The molecule has 0 aromatic heterocycles. The second-order valence-corrected chi connectivity index (χ2v) is 9.22. The quantitative estimate of drug-likeness (QED) is 0.615. The van der Waals surface area contributed by atoms with E-state index in [0.29, 0.717) is 0 Å². The Morgan fingerprint density at radius 2 is 0.781 bits per heavy atom. The highest BCUT2D eigenvalue weighted by atomic mass is 32.2. The molecule has 0 spiro atoms. The highest BCUT2D eigenvalue weighted by Crippen LogP contribution is 2.09. The van der Waals surface area contributed by atoms with Gasteiger partial charge in [0, 0.05) is 0 Å². The molecule has 0 radical (unpaired) electrons. The lowest BCUT2D eigenvalue weighted by molar-refractivity contribution is -0.510. The maximum absolute atomic E-state index is 10.4. The van der Waals surface area contributed by atoms with Gasteiger partial charge in [-0.2, -0.15) is 0 Å². The van der Waals surface area contributed by atoms with E-state index in [1.807, 2.05) is 73.6 Å². The van der Waals surface area contributed by atoms with Gasteiger partial charge >= 0.3 is 0 Å². The fourth-order valence-electron chi connectivity index (χ4n) is 2.05. The number of hydrogen-bond donors (Lipinski definition) is 2. The van der Waals surface area contributed by atoms with Crippen molar-refractivity contribution in [3.8, 4) is 0 Å². The van der Waals surface area contributed by atoms with Crippen molar-refractivity contribution in [2.24, 2.45) is 0 Å². The summed E-state index contributed by atoms with van der Waals surface area (Å²) in [6, 6.07) is 11.6. The number of allylic oxidation sites excluding steroid dienone is 4. The maximum atomic E-state index is 10.4. The molecule has 4 N–H and O–H groups in total. The predicted molar refractivity (Wildman–Crippen MR) is 119 cm³/mol. The standard InChI is InChI=1S/2C7H8O3S.2C4H5N/c2*1-6-2-4-7(5-3-6)11(8,9)10;2*1-2-4-5-3-1/h2*2-5H,1H3,(H,8,9,10);2*1-5H. The van der Waals surface area contributed by atoms with Crippen molar-refractivity contribution in [3.05, 3.63) is 109 Å². The third-order valence-electron chi connectivity index (χ3n) is 3.73. The van der Waals surface area contributed by atoms with E-state index in [-0.39, 0.29) is 9.79 Å². The van der Waals surface area contributed by atoms with E-state index in [1.165, 1.54) is 24.3 Å². The van der Waals surface area contributed by atoms with Crippen LogP contribution in [0.5, 0.6) is 0 Å². The van der Waals surface area contributed by atoms with Crippen LogP contribution < -0.4 is 10.6 Å². The molecule has 2 aliphatic heterocycles. The van der Waals surface area contributed by atoms with Crippen molar-refractivity contribution in [1.29, 1.82) is 0 Å². The molecule has 0 saturated heterocycles. The summed E-state index contributed by atoms with van der Waals surface area (Å²) in [4.78, 5) is -0.355. The Labute approximate surface area is 189 Å². The number of benzene rings is 2. The van der Waals surface area contributed by atoms with Crippen molar-refractivity contribution in [2.45, 2.75) is 23.6 Å². The first kappa shape index (κ1) is 27.2. The first-order valence-electron chi connectivity index (χ1n) is 9.38. The number of hydrogen-bond acceptors (Lipinski definition) is 6. The van der Waals surface area contributed by atoms with Crippen LogP contribution in [0.1, 0.15) is 11.1 Å². The SMILES string of the molecule is C1=C[NH2+]C=C1.C1=C[NH2+]C=C1.Cc1ccc(S(=O)(=O)[O-])cc1.Cc1ccc(S(=O)(=O)[O-])cc1. The number of quaternary nitrogens is 2. The zero-order valence-electron chi connectivity index (χ0n) is 17.7. The lowest BCUT2D eigenvalue weighted by atomic mass is 10.2. The summed E-state index contributed by atoms with van der Waals surface area (Å²) in [6.45, 7) is 3.64. The molecule has 2 aliphatic rings. The van der Waals surface area contributed by atoms with Gasteiger partial charge in [-0.3, -0.25) is 10.6 Å². The molecule has 0 aliphatic carbocycles. The predicted octanol–water partition coefficient (Wildman–Crippen LogP) is 0.980. The average Bonchev–Trinajstić information content (AvgIpc) is 3.47. The topological polar surface area (TPSA) is 148 Å². The smallest absolute Gasteiger partial charge is 0.124 e. The van der Waals surface area contributed by atoms with Crippen molar-refractivity contribution < 1.29 is 36.6 Å². The van der Waals surface area contributed by atoms with Gasteiger partial charge in [-0.1, -0.05) is 35.4 Å². The van der Waals surface area contributed by atoms with Gasteiger partial charge in [0.2, 0.25) is 0 Å². The Morgan fingerprint density at radius 1 is 0.531 bits per heavy atom. The minimum atomic E-state index is -4.27. The summed E-state index contributed by atoms with van der Waals surface area (Å²) in [5.41, 5.74) is 1.86. The van der Waals surface area contributed by atoms with E-state index >= 15 is 0 Å². The van der Waals surface area contributed by atoms with Crippen LogP contribution >= 0.6 is 0 Å². The Morgan fingerprint density at radius 3 is 0.938 bits per heavy atom. The van der Waals surface area contributed by atoms with Crippen LogP contribution in [0.2, 0.25) is 0 Å². The molecule has 10 heteroatoms. The van der Waals surface area contributed by atoms with E-state index in [1.54, 1.807) is 24.3 Å². The third kappa shape index (κ3) is 12.1. The Balaban J connectivity index is 0.000000227. The lowest BCUT2D eigenvalue weighted by Crippen LogP contribution is -2.69. The van der Waals surface area contributed by atoms with E-state index < -0.39 is 20.2 Å². The summed E-state index contributed by atoms with van der Waals surface area (Å²) in [6.07, 6.45) is 16.0.